The molecule has 1 aromatic heterocycles. The van der Waals surface area contributed by atoms with Crippen LogP contribution in [0.5, 0.6) is 10.9 Å². The van der Waals surface area contributed by atoms with Gasteiger partial charge in [0.2, 0.25) is 0 Å². The molecule has 2 rings (SSSR count). The number of nitrogens with zero attached hydrogens (tertiary/aromatic N) is 2. The number of ether oxygens (including phenoxy) is 1. The molecule has 114 valence electrons. The van der Waals surface area contributed by atoms with Gasteiger partial charge in [-0.1, -0.05) is 56.3 Å². The van der Waals surface area contributed by atoms with Crippen molar-refractivity contribution >= 4 is 11.3 Å². The molecule has 5 heteroatoms. The average Bonchev–Trinajstić information content (AvgIpc) is 2.86. The molecule has 21 heavy (non-hydrogen) atoms. The van der Waals surface area contributed by atoms with E-state index in [1.807, 2.05) is 12.1 Å². The van der Waals surface area contributed by atoms with Crippen LogP contribution in [0.4, 0.5) is 0 Å². The monoisotopic (exact) mass is 305 g/mol. The highest BCUT2D eigenvalue weighted by Gasteiger charge is 2.07. The zero-order valence-corrected chi connectivity index (χ0v) is 13.9. The van der Waals surface area contributed by atoms with Gasteiger partial charge in [0, 0.05) is 6.54 Å². The van der Waals surface area contributed by atoms with Crippen LogP contribution in [0.15, 0.2) is 24.3 Å². The van der Waals surface area contributed by atoms with Crippen molar-refractivity contribution in [3.8, 4) is 10.9 Å². The second-order valence-electron chi connectivity index (χ2n) is 5.81. The van der Waals surface area contributed by atoms with Gasteiger partial charge in [-0.15, -0.1) is 5.10 Å². The van der Waals surface area contributed by atoms with Crippen molar-refractivity contribution in [3.05, 3.63) is 34.8 Å². The van der Waals surface area contributed by atoms with Crippen molar-refractivity contribution in [3.63, 3.8) is 0 Å². The number of hydrogen-bond donors (Lipinski definition) is 1. The van der Waals surface area contributed by atoms with E-state index >= 15 is 0 Å². The standard InChI is InChI=1S/C16H23N3OS/c1-11(2)9-17-10-15-18-19-16(21-15)20-14-7-5-13(6-8-14)12(3)4/h5-8,11-12,17H,9-10H2,1-4H3. The highest BCUT2D eigenvalue weighted by Crippen LogP contribution is 2.26. The van der Waals surface area contributed by atoms with Crippen molar-refractivity contribution in [1.29, 1.82) is 0 Å². The lowest BCUT2D eigenvalue weighted by Crippen LogP contribution is -2.18. The molecule has 1 heterocycles. The van der Waals surface area contributed by atoms with Crippen LogP contribution in [0.3, 0.4) is 0 Å². The number of rotatable bonds is 7. The van der Waals surface area contributed by atoms with Gasteiger partial charge in [-0.25, -0.2) is 0 Å². The molecule has 0 fully saturated rings. The maximum absolute atomic E-state index is 5.74. The molecule has 0 aliphatic carbocycles. The molecule has 4 nitrogen and oxygen atoms in total. The summed E-state index contributed by atoms with van der Waals surface area (Å²) in [5.41, 5.74) is 1.30. The minimum Gasteiger partial charge on any atom is -0.430 e. The predicted octanol–water partition coefficient (Wildman–Crippen LogP) is 4.20. The van der Waals surface area contributed by atoms with Gasteiger partial charge in [-0.2, -0.15) is 0 Å². The maximum atomic E-state index is 5.74. The summed E-state index contributed by atoms with van der Waals surface area (Å²) in [5, 5.41) is 13.1. The van der Waals surface area contributed by atoms with E-state index in [0.717, 1.165) is 23.8 Å². The second-order valence-corrected chi connectivity index (χ2v) is 6.84. The van der Waals surface area contributed by atoms with Crippen LogP contribution in [0.1, 0.15) is 44.2 Å². The molecule has 1 aromatic carbocycles. The first kappa shape index (κ1) is 15.9. The normalized spacial score (nSPS) is 11.3. The lowest BCUT2D eigenvalue weighted by Gasteiger charge is -2.06. The summed E-state index contributed by atoms with van der Waals surface area (Å²) in [6.07, 6.45) is 0. The van der Waals surface area contributed by atoms with Crippen molar-refractivity contribution in [2.75, 3.05) is 6.54 Å². The number of aromatic nitrogens is 2. The van der Waals surface area contributed by atoms with E-state index in [1.165, 1.54) is 16.9 Å². The largest absolute Gasteiger partial charge is 0.430 e. The average molecular weight is 305 g/mol. The van der Waals surface area contributed by atoms with Gasteiger partial charge in [0.1, 0.15) is 10.8 Å². The number of hydrogen-bond acceptors (Lipinski definition) is 5. The van der Waals surface area contributed by atoms with Gasteiger partial charge in [0.25, 0.3) is 5.19 Å². The Labute approximate surface area is 130 Å². The molecule has 2 aromatic rings. The molecule has 1 N–H and O–H groups in total. The summed E-state index contributed by atoms with van der Waals surface area (Å²) in [6, 6.07) is 8.14. The fraction of sp³-hybridized carbons (Fsp3) is 0.500. The van der Waals surface area contributed by atoms with Gasteiger partial charge in [-0.05, 0) is 36.1 Å². The molecule has 0 saturated carbocycles. The summed E-state index contributed by atoms with van der Waals surface area (Å²) < 4.78 is 5.74. The van der Waals surface area contributed by atoms with Crippen LogP contribution >= 0.6 is 11.3 Å². The van der Waals surface area contributed by atoms with E-state index in [4.69, 9.17) is 4.74 Å². The summed E-state index contributed by atoms with van der Waals surface area (Å²) in [6.45, 7) is 10.4. The lowest BCUT2D eigenvalue weighted by atomic mass is 10.0. The molecule has 0 saturated heterocycles. The van der Waals surface area contributed by atoms with Gasteiger partial charge in [0.15, 0.2) is 0 Å². The Kier molecular flexibility index (Phi) is 5.70. The quantitative estimate of drug-likeness (QED) is 0.833. The van der Waals surface area contributed by atoms with Gasteiger partial charge in [-0.3, -0.25) is 0 Å². The molecule has 0 spiro atoms. The minimum atomic E-state index is 0.527. The maximum Gasteiger partial charge on any atom is 0.299 e. The topological polar surface area (TPSA) is 47.0 Å². The van der Waals surface area contributed by atoms with Crippen LogP contribution in [0.2, 0.25) is 0 Å². The third-order valence-corrected chi connectivity index (χ3v) is 3.83. The molecule has 0 unspecified atom stereocenters. The molecule has 0 bridgehead atoms. The summed E-state index contributed by atoms with van der Waals surface area (Å²) >= 11 is 1.48. The van der Waals surface area contributed by atoms with E-state index in [-0.39, 0.29) is 0 Å². The smallest absolute Gasteiger partial charge is 0.299 e. The molecule has 0 radical (unpaired) electrons. The third-order valence-electron chi connectivity index (χ3n) is 3.03. The third kappa shape index (κ3) is 5.10. The zero-order chi connectivity index (χ0) is 15.2. The predicted molar refractivity (Wildman–Crippen MR) is 87.1 cm³/mol. The molecule has 0 aliphatic rings. The lowest BCUT2D eigenvalue weighted by molar-refractivity contribution is 0.472. The Morgan fingerprint density at radius 3 is 2.43 bits per heavy atom. The van der Waals surface area contributed by atoms with Crippen molar-refractivity contribution in [1.82, 2.24) is 15.5 Å². The van der Waals surface area contributed by atoms with Crippen LogP contribution in [0.25, 0.3) is 0 Å². The Morgan fingerprint density at radius 1 is 1.10 bits per heavy atom. The molecule has 0 amide bonds. The molecule has 0 aliphatic heterocycles. The van der Waals surface area contributed by atoms with E-state index < -0.39 is 0 Å². The SMILES string of the molecule is CC(C)CNCc1nnc(Oc2ccc(C(C)C)cc2)s1. The van der Waals surface area contributed by atoms with Crippen LogP contribution in [-0.4, -0.2) is 16.7 Å². The first-order chi connectivity index (χ1) is 10.0. The van der Waals surface area contributed by atoms with Crippen molar-refractivity contribution in [2.24, 2.45) is 5.92 Å². The summed E-state index contributed by atoms with van der Waals surface area (Å²) in [5.74, 6) is 1.96. The Bertz CT molecular complexity index is 549. The van der Waals surface area contributed by atoms with Crippen LogP contribution in [-0.2, 0) is 6.54 Å². The van der Waals surface area contributed by atoms with E-state index in [0.29, 0.717) is 17.0 Å². The van der Waals surface area contributed by atoms with Crippen molar-refractivity contribution in [2.45, 2.75) is 40.2 Å². The van der Waals surface area contributed by atoms with Gasteiger partial charge < -0.3 is 10.1 Å². The van der Waals surface area contributed by atoms with Crippen LogP contribution in [0, 0.1) is 5.92 Å². The molecular weight excluding hydrogens is 282 g/mol. The Balaban J connectivity index is 1.89. The fourth-order valence-electron chi connectivity index (χ4n) is 1.84. The van der Waals surface area contributed by atoms with Gasteiger partial charge in [0.05, 0.1) is 0 Å². The molecular formula is C16H23N3OS. The Hall–Kier alpha value is -1.46. The van der Waals surface area contributed by atoms with E-state index in [2.05, 4.69) is 55.3 Å². The first-order valence-electron chi connectivity index (χ1n) is 7.35. The van der Waals surface area contributed by atoms with Crippen molar-refractivity contribution < 1.29 is 4.74 Å². The zero-order valence-electron chi connectivity index (χ0n) is 13.1. The number of nitrogens with one attached hydrogen (secondary N) is 1. The van der Waals surface area contributed by atoms with Crippen LogP contribution < -0.4 is 10.1 Å². The van der Waals surface area contributed by atoms with E-state index in [9.17, 15) is 0 Å². The minimum absolute atomic E-state index is 0.527. The summed E-state index contributed by atoms with van der Waals surface area (Å²) in [4.78, 5) is 0. The molecule has 0 atom stereocenters. The van der Waals surface area contributed by atoms with Gasteiger partial charge >= 0.3 is 0 Å². The first-order valence-corrected chi connectivity index (χ1v) is 8.17. The highest BCUT2D eigenvalue weighted by atomic mass is 32.1. The Morgan fingerprint density at radius 2 is 1.81 bits per heavy atom. The summed E-state index contributed by atoms with van der Waals surface area (Å²) in [7, 11) is 0. The second kappa shape index (κ2) is 7.52. The fourth-order valence-corrected chi connectivity index (χ4v) is 2.52. The highest BCUT2D eigenvalue weighted by molar-refractivity contribution is 7.13. The van der Waals surface area contributed by atoms with E-state index in [1.54, 1.807) is 0 Å². The number of benzene rings is 1.